The van der Waals surface area contributed by atoms with Gasteiger partial charge in [-0.3, -0.25) is 14.4 Å². The predicted octanol–water partition coefficient (Wildman–Crippen LogP) is 25.0. The van der Waals surface area contributed by atoms with Gasteiger partial charge >= 0.3 is 17.9 Å². The maximum atomic E-state index is 13.0. The highest BCUT2D eigenvalue weighted by Gasteiger charge is 2.19. The molecule has 0 aromatic rings. The fraction of sp³-hybridized carbons (Fsp3) is 0.779. The number of carbonyl (C=O) groups is 3. The molecule has 480 valence electrons. The van der Waals surface area contributed by atoms with Gasteiger partial charge in [-0.05, 0) is 96.3 Å². The topological polar surface area (TPSA) is 78.9 Å². The fourth-order valence-corrected chi connectivity index (χ4v) is 10.5. The van der Waals surface area contributed by atoms with Gasteiger partial charge in [-0.2, -0.15) is 0 Å². The molecule has 6 nitrogen and oxygen atoms in total. The van der Waals surface area contributed by atoms with E-state index in [1.54, 1.807) is 0 Å². The quantitative estimate of drug-likeness (QED) is 0.0261. The first-order valence-electron chi connectivity index (χ1n) is 36.1. The summed E-state index contributed by atoms with van der Waals surface area (Å²) in [5, 5.41) is 0. The standard InChI is InChI=1S/C77H136O6/c1-4-7-10-13-16-19-22-25-28-30-32-34-36-37-38-39-41-42-44-46-49-52-55-58-61-64-67-70-76(79)82-73-74(72-81-75(78)69-66-63-60-57-54-51-48-27-24-21-18-15-12-9-6-3)83-77(80)71-68-65-62-59-56-53-50-47-45-43-40-35-33-31-29-26-23-20-17-14-11-8-5-2/h7,10,16,19,23,25-26,28,31-34,40,43,74H,4-6,8-9,11-15,17-18,20-22,24,27,29-30,35-39,41-42,44-73H2,1-3H3/b10-7-,19-16-,26-23-,28-25-,33-31-,34-32-,43-40-. The minimum Gasteiger partial charge on any atom is -0.462 e. The molecule has 0 rings (SSSR count). The summed E-state index contributed by atoms with van der Waals surface area (Å²) < 4.78 is 17.0. The Hall–Kier alpha value is -3.41. The SMILES string of the molecule is CC/C=C\C/C=C\C/C=C\C/C=C\CCCCCCCCCCCCCCCCC(=O)OCC(COC(=O)CCCCCCCCCCCCCCCCC)OC(=O)CCCCCCCCCC/C=C\C/C=C\C/C=C\CCCCCCC. The van der Waals surface area contributed by atoms with Crippen LogP contribution in [0.3, 0.4) is 0 Å². The van der Waals surface area contributed by atoms with Crippen LogP contribution in [0.25, 0.3) is 0 Å². The Morgan fingerprint density at radius 2 is 0.470 bits per heavy atom. The van der Waals surface area contributed by atoms with Crippen LogP contribution in [0.4, 0.5) is 0 Å². The van der Waals surface area contributed by atoms with Gasteiger partial charge in [-0.15, -0.1) is 0 Å². The third-order valence-electron chi connectivity index (χ3n) is 15.9. The summed E-state index contributed by atoms with van der Waals surface area (Å²) in [6.07, 6.45) is 94.6. The lowest BCUT2D eigenvalue weighted by molar-refractivity contribution is -0.167. The molecular formula is C77H136O6. The second-order valence-electron chi connectivity index (χ2n) is 24.1. The van der Waals surface area contributed by atoms with Crippen molar-refractivity contribution in [2.24, 2.45) is 0 Å². The first-order valence-corrected chi connectivity index (χ1v) is 36.1. The number of unbranched alkanes of at least 4 members (excludes halogenated alkanes) is 41. The summed E-state index contributed by atoms with van der Waals surface area (Å²) in [5.41, 5.74) is 0. The number of carbonyl (C=O) groups excluding carboxylic acids is 3. The van der Waals surface area contributed by atoms with Gasteiger partial charge in [0.25, 0.3) is 0 Å². The molecule has 0 saturated carbocycles. The second-order valence-corrected chi connectivity index (χ2v) is 24.1. The van der Waals surface area contributed by atoms with E-state index in [2.05, 4.69) is 106 Å². The monoisotopic (exact) mass is 1160 g/mol. The first kappa shape index (κ1) is 79.6. The maximum absolute atomic E-state index is 13.0. The Morgan fingerprint density at radius 1 is 0.253 bits per heavy atom. The molecule has 0 fully saturated rings. The van der Waals surface area contributed by atoms with Crippen molar-refractivity contribution < 1.29 is 28.6 Å². The first-order chi connectivity index (χ1) is 41.0. The average Bonchev–Trinajstić information content (AvgIpc) is 3.49. The summed E-state index contributed by atoms with van der Waals surface area (Å²) in [7, 11) is 0. The lowest BCUT2D eigenvalue weighted by atomic mass is 10.0. The number of allylic oxidation sites excluding steroid dienone is 14. The molecular weight excluding hydrogens is 1020 g/mol. The van der Waals surface area contributed by atoms with Crippen molar-refractivity contribution in [1.82, 2.24) is 0 Å². The molecule has 83 heavy (non-hydrogen) atoms. The second kappa shape index (κ2) is 71.1. The van der Waals surface area contributed by atoms with Gasteiger partial charge in [-0.1, -0.05) is 337 Å². The van der Waals surface area contributed by atoms with Crippen LogP contribution < -0.4 is 0 Å². The number of esters is 3. The van der Waals surface area contributed by atoms with Crippen molar-refractivity contribution in [2.75, 3.05) is 13.2 Å². The summed E-state index contributed by atoms with van der Waals surface area (Å²) in [6.45, 7) is 6.57. The van der Waals surface area contributed by atoms with Gasteiger partial charge in [0, 0.05) is 19.3 Å². The highest BCUT2D eigenvalue weighted by molar-refractivity contribution is 5.71. The zero-order chi connectivity index (χ0) is 59.9. The lowest BCUT2D eigenvalue weighted by Crippen LogP contribution is -2.30. The van der Waals surface area contributed by atoms with Crippen molar-refractivity contribution >= 4 is 17.9 Å². The molecule has 0 N–H and O–H groups in total. The molecule has 1 unspecified atom stereocenters. The molecule has 0 saturated heterocycles. The van der Waals surface area contributed by atoms with Crippen molar-refractivity contribution in [1.29, 1.82) is 0 Å². The minimum atomic E-state index is -0.781. The van der Waals surface area contributed by atoms with Crippen LogP contribution >= 0.6 is 0 Å². The Morgan fingerprint density at radius 3 is 0.735 bits per heavy atom. The highest BCUT2D eigenvalue weighted by atomic mass is 16.6. The Balaban J connectivity index is 4.31. The van der Waals surface area contributed by atoms with Crippen LogP contribution in [-0.2, 0) is 28.6 Å². The number of hydrogen-bond acceptors (Lipinski definition) is 6. The molecule has 0 aromatic heterocycles. The molecule has 1 atom stereocenters. The van der Waals surface area contributed by atoms with E-state index < -0.39 is 6.10 Å². The van der Waals surface area contributed by atoms with E-state index in [1.807, 2.05) is 0 Å². The zero-order valence-corrected chi connectivity index (χ0v) is 55.2. The molecule has 0 heterocycles. The van der Waals surface area contributed by atoms with E-state index >= 15 is 0 Å². The summed E-state index contributed by atoms with van der Waals surface area (Å²) in [5.74, 6) is -0.861. The third-order valence-corrected chi connectivity index (χ3v) is 15.9. The van der Waals surface area contributed by atoms with Crippen LogP contribution in [0.1, 0.15) is 367 Å². The van der Waals surface area contributed by atoms with Gasteiger partial charge < -0.3 is 14.2 Å². The van der Waals surface area contributed by atoms with E-state index in [4.69, 9.17) is 14.2 Å². The third kappa shape index (κ3) is 69.3. The lowest BCUT2D eigenvalue weighted by Gasteiger charge is -2.18. The fourth-order valence-electron chi connectivity index (χ4n) is 10.5. The van der Waals surface area contributed by atoms with E-state index in [1.165, 1.54) is 225 Å². The number of hydrogen-bond donors (Lipinski definition) is 0. The van der Waals surface area contributed by atoms with E-state index in [-0.39, 0.29) is 31.1 Å². The average molecular weight is 1160 g/mol. The minimum absolute atomic E-state index is 0.0750. The van der Waals surface area contributed by atoms with Crippen molar-refractivity contribution in [3.63, 3.8) is 0 Å². The smallest absolute Gasteiger partial charge is 0.306 e. The highest BCUT2D eigenvalue weighted by Crippen LogP contribution is 2.18. The number of rotatable bonds is 66. The van der Waals surface area contributed by atoms with Crippen molar-refractivity contribution in [3.8, 4) is 0 Å². The molecule has 0 radical (unpaired) electrons. The van der Waals surface area contributed by atoms with Gasteiger partial charge in [0.1, 0.15) is 13.2 Å². The van der Waals surface area contributed by atoms with E-state index in [9.17, 15) is 14.4 Å². The van der Waals surface area contributed by atoms with Crippen LogP contribution in [0, 0.1) is 0 Å². The molecule has 6 heteroatoms. The largest absolute Gasteiger partial charge is 0.462 e. The molecule has 0 spiro atoms. The molecule has 0 aliphatic carbocycles. The summed E-state index contributed by atoms with van der Waals surface area (Å²) >= 11 is 0. The molecule has 0 amide bonds. The van der Waals surface area contributed by atoms with Crippen molar-refractivity contribution in [3.05, 3.63) is 85.1 Å². The normalized spacial score (nSPS) is 12.6. The van der Waals surface area contributed by atoms with Crippen LogP contribution in [0.2, 0.25) is 0 Å². The molecule has 0 aliphatic rings. The van der Waals surface area contributed by atoms with E-state index in [0.717, 1.165) is 103 Å². The predicted molar refractivity (Wildman–Crippen MR) is 362 cm³/mol. The van der Waals surface area contributed by atoms with Crippen LogP contribution in [-0.4, -0.2) is 37.2 Å². The van der Waals surface area contributed by atoms with E-state index in [0.29, 0.717) is 19.3 Å². The van der Waals surface area contributed by atoms with Crippen LogP contribution in [0.5, 0.6) is 0 Å². The summed E-state index contributed by atoms with van der Waals surface area (Å²) in [4.78, 5) is 38.5. The van der Waals surface area contributed by atoms with Crippen molar-refractivity contribution in [2.45, 2.75) is 374 Å². The van der Waals surface area contributed by atoms with Gasteiger partial charge in [-0.25, -0.2) is 0 Å². The van der Waals surface area contributed by atoms with Crippen LogP contribution in [0.15, 0.2) is 85.1 Å². The Kier molecular flexibility index (Phi) is 68.2. The zero-order valence-electron chi connectivity index (χ0n) is 55.2. The summed E-state index contributed by atoms with van der Waals surface area (Å²) in [6, 6.07) is 0. The number of ether oxygens (including phenoxy) is 3. The Bertz CT molecular complexity index is 1570. The van der Waals surface area contributed by atoms with Gasteiger partial charge in [0.2, 0.25) is 0 Å². The maximum Gasteiger partial charge on any atom is 0.306 e. The Labute approximate surface area is 515 Å². The van der Waals surface area contributed by atoms with Gasteiger partial charge in [0.15, 0.2) is 6.10 Å². The molecule has 0 bridgehead atoms. The molecule has 0 aliphatic heterocycles. The molecule has 0 aromatic carbocycles. The van der Waals surface area contributed by atoms with Gasteiger partial charge in [0.05, 0.1) is 0 Å².